The van der Waals surface area contributed by atoms with Gasteiger partial charge in [0.2, 0.25) is 0 Å². The van der Waals surface area contributed by atoms with Crippen LogP contribution in [0, 0.1) is 18.6 Å². The topological polar surface area (TPSA) is 49.9 Å². The van der Waals surface area contributed by atoms with E-state index in [-0.39, 0.29) is 11.3 Å². The molecular formula is C13H9F2NO2. The van der Waals surface area contributed by atoms with Crippen LogP contribution in [0.4, 0.5) is 8.78 Å². The molecule has 3 nitrogen and oxygen atoms in total. The number of aryl methyl sites for hydroxylation is 1. The van der Waals surface area contributed by atoms with Crippen molar-refractivity contribution in [3.05, 3.63) is 58.4 Å². The number of aldehydes is 1. The van der Waals surface area contributed by atoms with Gasteiger partial charge in [-0.2, -0.15) is 0 Å². The van der Waals surface area contributed by atoms with Crippen LogP contribution in [0.15, 0.2) is 24.4 Å². The van der Waals surface area contributed by atoms with Crippen molar-refractivity contribution in [2.75, 3.05) is 0 Å². The van der Waals surface area contributed by atoms with Gasteiger partial charge in [-0.1, -0.05) is 0 Å². The molecule has 18 heavy (non-hydrogen) atoms. The molecule has 0 saturated carbocycles. The van der Waals surface area contributed by atoms with Crippen LogP contribution in [-0.4, -0.2) is 17.1 Å². The Morgan fingerprint density at radius 1 is 1.22 bits per heavy atom. The van der Waals surface area contributed by atoms with Crippen molar-refractivity contribution >= 4 is 12.1 Å². The number of benzene rings is 1. The second-order valence-electron chi connectivity index (χ2n) is 3.89. The van der Waals surface area contributed by atoms with Gasteiger partial charge < -0.3 is 4.98 Å². The SMILES string of the molecule is Cc1cc(F)c(C(=O)c2c[nH]c(C=O)c2)c(F)c1. The maximum absolute atomic E-state index is 13.6. The molecule has 2 rings (SSSR count). The maximum Gasteiger partial charge on any atom is 0.200 e. The third kappa shape index (κ3) is 2.07. The molecule has 92 valence electrons. The zero-order valence-electron chi connectivity index (χ0n) is 9.46. The number of rotatable bonds is 3. The Morgan fingerprint density at radius 2 is 1.83 bits per heavy atom. The monoisotopic (exact) mass is 249 g/mol. The molecule has 0 aliphatic rings. The average Bonchev–Trinajstić information content (AvgIpc) is 2.75. The van der Waals surface area contributed by atoms with E-state index < -0.39 is 23.0 Å². The second kappa shape index (κ2) is 4.52. The number of carbonyl (C=O) groups excluding carboxylic acids is 2. The van der Waals surface area contributed by atoms with Crippen molar-refractivity contribution in [2.45, 2.75) is 6.92 Å². The first-order valence-electron chi connectivity index (χ1n) is 5.17. The summed E-state index contributed by atoms with van der Waals surface area (Å²) in [5.41, 5.74) is -0.00807. The van der Waals surface area contributed by atoms with Gasteiger partial charge in [-0.3, -0.25) is 9.59 Å². The average molecular weight is 249 g/mol. The van der Waals surface area contributed by atoms with Crippen LogP contribution >= 0.6 is 0 Å². The fraction of sp³-hybridized carbons (Fsp3) is 0.0769. The van der Waals surface area contributed by atoms with Crippen molar-refractivity contribution in [3.8, 4) is 0 Å². The van der Waals surface area contributed by atoms with Crippen LogP contribution < -0.4 is 0 Å². The van der Waals surface area contributed by atoms with E-state index in [4.69, 9.17) is 0 Å². The molecule has 1 aromatic carbocycles. The number of nitrogens with one attached hydrogen (secondary N) is 1. The van der Waals surface area contributed by atoms with Crippen LogP contribution in [0.1, 0.15) is 32.0 Å². The molecule has 0 amide bonds. The highest BCUT2D eigenvalue weighted by atomic mass is 19.1. The molecule has 2 aromatic rings. The number of aromatic nitrogens is 1. The Labute approximate surface area is 101 Å². The number of H-pyrrole nitrogens is 1. The fourth-order valence-corrected chi connectivity index (χ4v) is 1.67. The summed E-state index contributed by atoms with van der Waals surface area (Å²) >= 11 is 0. The third-order valence-corrected chi connectivity index (χ3v) is 2.51. The normalized spacial score (nSPS) is 10.4. The van der Waals surface area contributed by atoms with E-state index in [1.165, 1.54) is 19.2 Å². The van der Waals surface area contributed by atoms with Gasteiger partial charge in [-0.05, 0) is 30.7 Å². The molecule has 0 fully saturated rings. The Hall–Kier alpha value is -2.30. The summed E-state index contributed by atoms with van der Waals surface area (Å²) in [6, 6.07) is 3.42. The van der Waals surface area contributed by atoms with Gasteiger partial charge in [0.25, 0.3) is 0 Å². The van der Waals surface area contributed by atoms with Crippen molar-refractivity contribution in [2.24, 2.45) is 0 Å². The summed E-state index contributed by atoms with van der Waals surface area (Å²) in [5.74, 6) is -2.62. The third-order valence-electron chi connectivity index (χ3n) is 2.51. The molecule has 0 saturated heterocycles. The Bertz CT molecular complexity index is 609. The molecule has 1 N–H and O–H groups in total. The number of aromatic amines is 1. The van der Waals surface area contributed by atoms with E-state index in [9.17, 15) is 18.4 Å². The molecule has 0 spiro atoms. The van der Waals surface area contributed by atoms with Gasteiger partial charge in [0.15, 0.2) is 12.1 Å². The van der Waals surface area contributed by atoms with Crippen molar-refractivity contribution in [1.29, 1.82) is 0 Å². The van der Waals surface area contributed by atoms with Gasteiger partial charge >= 0.3 is 0 Å². The molecule has 0 radical (unpaired) electrons. The fourth-order valence-electron chi connectivity index (χ4n) is 1.67. The standard InChI is InChI=1S/C13H9F2NO2/c1-7-2-10(14)12(11(15)3-7)13(18)8-4-9(6-17)16-5-8/h2-6,16H,1H3. The molecule has 5 heteroatoms. The smallest absolute Gasteiger partial charge is 0.200 e. The van der Waals surface area contributed by atoms with E-state index in [2.05, 4.69) is 4.98 Å². The van der Waals surface area contributed by atoms with Gasteiger partial charge in [0, 0.05) is 11.8 Å². The number of hydrogen-bond acceptors (Lipinski definition) is 2. The summed E-state index contributed by atoms with van der Waals surface area (Å²) in [6.07, 6.45) is 1.75. The largest absolute Gasteiger partial charge is 0.358 e. The highest BCUT2D eigenvalue weighted by molar-refractivity contribution is 6.09. The van der Waals surface area contributed by atoms with Crippen molar-refractivity contribution in [1.82, 2.24) is 4.98 Å². The predicted octanol–water partition coefficient (Wildman–Crippen LogP) is 2.64. The molecule has 0 atom stereocenters. The van der Waals surface area contributed by atoms with Crippen molar-refractivity contribution in [3.63, 3.8) is 0 Å². The first-order valence-corrected chi connectivity index (χ1v) is 5.17. The van der Waals surface area contributed by atoms with Crippen LogP contribution in [-0.2, 0) is 0 Å². The summed E-state index contributed by atoms with van der Waals surface area (Å²) in [6.45, 7) is 1.53. The Morgan fingerprint density at radius 3 is 2.33 bits per heavy atom. The molecule has 1 heterocycles. The molecule has 0 aliphatic carbocycles. The molecular weight excluding hydrogens is 240 g/mol. The van der Waals surface area contributed by atoms with Crippen molar-refractivity contribution < 1.29 is 18.4 Å². The van der Waals surface area contributed by atoms with Crippen LogP contribution in [0.25, 0.3) is 0 Å². The van der Waals surface area contributed by atoms with Crippen LogP contribution in [0.2, 0.25) is 0 Å². The van der Waals surface area contributed by atoms with E-state index in [1.807, 2.05) is 0 Å². The molecule has 0 unspecified atom stereocenters. The lowest BCUT2D eigenvalue weighted by atomic mass is 10.0. The van der Waals surface area contributed by atoms with E-state index in [1.54, 1.807) is 0 Å². The van der Waals surface area contributed by atoms with E-state index in [0.717, 1.165) is 12.1 Å². The first-order chi connectivity index (χ1) is 8.52. The summed E-state index contributed by atoms with van der Waals surface area (Å²) < 4.78 is 27.2. The van der Waals surface area contributed by atoms with Gasteiger partial charge in [0.1, 0.15) is 11.6 Å². The van der Waals surface area contributed by atoms with Crippen LogP contribution in [0.5, 0.6) is 0 Å². The Balaban J connectivity index is 2.49. The van der Waals surface area contributed by atoms with Gasteiger partial charge in [0.05, 0.1) is 11.3 Å². The first kappa shape index (κ1) is 12.2. The number of carbonyl (C=O) groups is 2. The summed E-state index contributed by atoms with van der Waals surface area (Å²) in [7, 11) is 0. The van der Waals surface area contributed by atoms with E-state index >= 15 is 0 Å². The zero-order chi connectivity index (χ0) is 13.3. The quantitative estimate of drug-likeness (QED) is 0.671. The molecule has 1 aromatic heterocycles. The number of hydrogen-bond donors (Lipinski definition) is 1. The lowest BCUT2D eigenvalue weighted by Crippen LogP contribution is -2.07. The zero-order valence-corrected chi connectivity index (χ0v) is 9.46. The van der Waals surface area contributed by atoms with Gasteiger partial charge in [-0.25, -0.2) is 8.78 Å². The Kier molecular flexibility index (Phi) is 3.06. The highest BCUT2D eigenvalue weighted by Gasteiger charge is 2.20. The minimum absolute atomic E-state index is 0.0405. The number of ketones is 1. The highest BCUT2D eigenvalue weighted by Crippen LogP contribution is 2.19. The van der Waals surface area contributed by atoms with Crippen LogP contribution in [0.3, 0.4) is 0 Å². The minimum atomic E-state index is -0.911. The number of halogens is 2. The molecule has 0 bridgehead atoms. The molecule has 0 aliphatic heterocycles. The lowest BCUT2D eigenvalue weighted by Gasteiger charge is -2.04. The summed E-state index contributed by atoms with van der Waals surface area (Å²) in [5, 5.41) is 0. The minimum Gasteiger partial charge on any atom is -0.358 e. The predicted molar refractivity (Wildman–Crippen MR) is 60.7 cm³/mol. The maximum atomic E-state index is 13.6. The lowest BCUT2D eigenvalue weighted by molar-refractivity contribution is 0.103. The van der Waals surface area contributed by atoms with E-state index in [0.29, 0.717) is 11.8 Å². The van der Waals surface area contributed by atoms with Gasteiger partial charge in [-0.15, -0.1) is 0 Å². The second-order valence-corrected chi connectivity index (χ2v) is 3.89. The summed E-state index contributed by atoms with van der Waals surface area (Å²) in [4.78, 5) is 24.9.